The largest absolute Gasteiger partial charge is 0.486 e. The summed E-state index contributed by atoms with van der Waals surface area (Å²) in [6.07, 6.45) is 0. The van der Waals surface area contributed by atoms with Crippen LogP contribution in [-0.4, -0.2) is 29.8 Å². The van der Waals surface area contributed by atoms with Crippen LogP contribution in [0.1, 0.15) is 0 Å². The first-order valence-corrected chi connectivity index (χ1v) is 5.48. The van der Waals surface area contributed by atoms with Crippen molar-refractivity contribution in [2.24, 2.45) is 0 Å². The van der Waals surface area contributed by atoms with Gasteiger partial charge in [-0.25, -0.2) is 9.18 Å². The van der Waals surface area contributed by atoms with E-state index >= 15 is 0 Å². The van der Waals surface area contributed by atoms with Gasteiger partial charge in [-0.2, -0.15) is 0 Å². The molecule has 0 bridgehead atoms. The van der Waals surface area contributed by atoms with E-state index in [9.17, 15) is 9.18 Å². The van der Waals surface area contributed by atoms with Crippen LogP contribution in [0.15, 0.2) is 23.1 Å². The summed E-state index contributed by atoms with van der Waals surface area (Å²) in [5, 5.41) is 8.43. The number of alkyl halides is 1. The highest BCUT2D eigenvalue weighted by Gasteiger charge is 2.19. The smallest absolute Gasteiger partial charge is 0.349 e. The fraction of sp³-hybridized carbons (Fsp3) is 0.300. The normalized spacial score (nSPS) is 15.6. The fourth-order valence-corrected chi connectivity index (χ4v) is 1.93. The Kier molecular flexibility index (Phi) is 3.19. The van der Waals surface area contributed by atoms with E-state index < -0.39 is 11.5 Å². The predicted octanol–water partition coefficient (Wildman–Crippen LogP) is 1.93. The molecule has 1 heterocycles. The van der Waals surface area contributed by atoms with Gasteiger partial charge in [0.25, 0.3) is 0 Å². The zero-order chi connectivity index (χ0) is 11.5. The van der Waals surface area contributed by atoms with Crippen LogP contribution in [0, 0.1) is 0 Å². The number of ether oxygens (including phenoxy) is 2. The summed E-state index contributed by atoms with van der Waals surface area (Å²) < 4.78 is 23.5. The third kappa shape index (κ3) is 2.38. The average Bonchev–Trinajstić information content (AvgIpc) is 2.28. The van der Waals surface area contributed by atoms with Gasteiger partial charge in [0.05, 0.1) is 0 Å². The number of benzene rings is 1. The Bertz CT molecular complexity index is 410. The van der Waals surface area contributed by atoms with Crippen molar-refractivity contribution in [3.05, 3.63) is 18.2 Å². The lowest BCUT2D eigenvalue weighted by Gasteiger charge is -2.18. The molecule has 0 saturated carbocycles. The van der Waals surface area contributed by atoms with Crippen LogP contribution in [0.25, 0.3) is 0 Å². The Morgan fingerprint density at radius 2 is 2.06 bits per heavy atom. The summed E-state index contributed by atoms with van der Waals surface area (Å²) in [6.45, 7) is 0.930. The first-order chi connectivity index (χ1) is 7.66. The summed E-state index contributed by atoms with van der Waals surface area (Å²) in [5.41, 5.74) is -1.97. The van der Waals surface area contributed by atoms with E-state index in [1.54, 1.807) is 18.2 Å². The van der Waals surface area contributed by atoms with Crippen LogP contribution in [-0.2, 0) is 4.79 Å². The van der Waals surface area contributed by atoms with Gasteiger partial charge in [-0.05, 0) is 18.2 Å². The van der Waals surface area contributed by atoms with Crippen molar-refractivity contribution in [2.75, 3.05) is 13.2 Å². The van der Waals surface area contributed by atoms with E-state index in [-0.39, 0.29) is 0 Å². The van der Waals surface area contributed by atoms with Gasteiger partial charge in [0.15, 0.2) is 11.5 Å². The molecular weight excluding hydrogens is 235 g/mol. The summed E-state index contributed by atoms with van der Waals surface area (Å²) >= 11 is 0.623. The first kappa shape index (κ1) is 11.1. The highest BCUT2D eigenvalue weighted by atomic mass is 32.2. The average molecular weight is 244 g/mol. The molecule has 1 aliphatic rings. The van der Waals surface area contributed by atoms with Crippen molar-refractivity contribution < 1.29 is 23.8 Å². The molecular formula is C10H9FO4S. The number of carboxylic acids is 1. The van der Waals surface area contributed by atoms with Crippen LogP contribution >= 0.6 is 11.8 Å². The standard InChI is InChI=1S/C10H9FO4S/c11-9(10(12)13)16-6-1-2-7-8(5-6)15-4-3-14-7/h1-2,5,9H,3-4H2,(H,12,13). The molecule has 2 rings (SSSR count). The molecule has 0 fully saturated rings. The number of hydrogen-bond acceptors (Lipinski definition) is 4. The molecule has 0 aromatic heterocycles. The van der Waals surface area contributed by atoms with Crippen molar-refractivity contribution in [3.63, 3.8) is 0 Å². The quantitative estimate of drug-likeness (QED) is 0.823. The molecule has 1 atom stereocenters. The molecule has 86 valence electrons. The SMILES string of the molecule is O=C(O)C(F)Sc1ccc2c(c1)OCCO2. The Labute approximate surface area is 95.4 Å². The maximum atomic E-state index is 12.9. The number of hydrogen-bond donors (Lipinski definition) is 1. The number of rotatable bonds is 3. The van der Waals surface area contributed by atoms with E-state index in [4.69, 9.17) is 14.6 Å². The molecule has 1 unspecified atom stereocenters. The zero-order valence-corrected chi connectivity index (χ0v) is 9.00. The zero-order valence-electron chi connectivity index (χ0n) is 8.18. The Morgan fingerprint density at radius 1 is 1.38 bits per heavy atom. The number of fused-ring (bicyclic) bond motifs is 1. The minimum atomic E-state index is -1.97. The second-order valence-corrected chi connectivity index (χ2v) is 4.20. The van der Waals surface area contributed by atoms with Gasteiger partial charge in [-0.1, -0.05) is 11.8 Å². The van der Waals surface area contributed by atoms with Crippen molar-refractivity contribution in [3.8, 4) is 11.5 Å². The number of carboxylic acid groups (broad SMARTS) is 1. The van der Waals surface area contributed by atoms with E-state index in [2.05, 4.69) is 0 Å². The highest BCUT2D eigenvalue weighted by Crippen LogP contribution is 2.35. The number of aliphatic carboxylic acids is 1. The van der Waals surface area contributed by atoms with Crippen molar-refractivity contribution >= 4 is 17.7 Å². The fourth-order valence-electron chi connectivity index (χ4n) is 1.27. The molecule has 4 nitrogen and oxygen atoms in total. The van der Waals surface area contributed by atoms with E-state index in [0.717, 1.165) is 0 Å². The number of halogens is 1. The number of thioether (sulfide) groups is 1. The molecule has 1 aliphatic heterocycles. The van der Waals surface area contributed by atoms with Gasteiger partial charge < -0.3 is 14.6 Å². The van der Waals surface area contributed by atoms with Gasteiger partial charge in [0, 0.05) is 4.90 Å². The molecule has 1 N–H and O–H groups in total. The lowest BCUT2D eigenvalue weighted by molar-refractivity contribution is -0.139. The van der Waals surface area contributed by atoms with Crippen LogP contribution in [0.2, 0.25) is 0 Å². The molecule has 16 heavy (non-hydrogen) atoms. The van der Waals surface area contributed by atoms with Gasteiger partial charge in [0.1, 0.15) is 13.2 Å². The molecule has 0 amide bonds. The predicted molar refractivity (Wildman–Crippen MR) is 55.8 cm³/mol. The van der Waals surface area contributed by atoms with Gasteiger partial charge in [0.2, 0.25) is 5.50 Å². The third-order valence-corrected chi connectivity index (χ3v) is 2.88. The molecule has 1 aromatic rings. The van der Waals surface area contributed by atoms with E-state index in [0.29, 0.717) is 41.4 Å². The molecule has 1 aromatic carbocycles. The number of carbonyl (C=O) groups is 1. The van der Waals surface area contributed by atoms with Crippen molar-refractivity contribution in [1.29, 1.82) is 0 Å². The molecule has 0 aliphatic carbocycles. The first-order valence-electron chi connectivity index (χ1n) is 4.60. The maximum Gasteiger partial charge on any atom is 0.349 e. The lowest BCUT2D eigenvalue weighted by Crippen LogP contribution is -2.15. The van der Waals surface area contributed by atoms with Gasteiger partial charge in [-0.3, -0.25) is 0 Å². The Morgan fingerprint density at radius 3 is 2.75 bits per heavy atom. The maximum absolute atomic E-state index is 12.9. The summed E-state index contributed by atoms with van der Waals surface area (Å²) in [4.78, 5) is 10.8. The van der Waals surface area contributed by atoms with Crippen LogP contribution < -0.4 is 9.47 Å². The monoisotopic (exact) mass is 244 g/mol. The van der Waals surface area contributed by atoms with Crippen LogP contribution in [0.5, 0.6) is 11.5 Å². The third-order valence-electron chi connectivity index (χ3n) is 1.95. The minimum Gasteiger partial charge on any atom is -0.486 e. The lowest BCUT2D eigenvalue weighted by atomic mass is 10.3. The van der Waals surface area contributed by atoms with Crippen LogP contribution in [0.4, 0.5) is 4.39 Å². The van der Waals surface area contributed by atoms with Gasteiger partial charge >= 0.3 is 5.97 Å². The topological polar surface area (TPSA) is 55.8 Å². The summed E-state index contributed by atoms with van der Waals surface area (Å²) in [7, 11) is 0. The van der Waals surface area contributed by atoms with Crippen molar-refractivity contribution in [2.45, 2.75) is 10.4 Å². The van der Waals surface area contributed by atoms with E-state index in [1.807, 2.05) is 0 Å². The van der Waals surface area contributed by atoms with Crippen molar-refractivity contribution in [1.82, 2.24) is 0 Å². The Balaban J connectivity index is 2.14. The Hall–Kier alpha value is -1.43. The van der Waals surface area contributed by atoms with E-state index in [1.165, 1.54) is 0 Å². The summed E-state index contributed by atoms with van der Waals surface area (Å²) in [6, 6.07) is 4.83. The summed E-state index contributed by atoms with van der Waals surface area (Å²) in [5.74, 6) is -0.366. The highest BCUT2D eigenvalue weighted by molar-refractivity contribution is 8.00. The molecule has 0 saturated heterocycles. The molecule has 0 radical (unpaired) electrons. The molecule has 6 heteroatoms. The minimum absolute atomic E-state index is 0.444. The van der Waals surface area contributed by atoms with Crippen LogP contribution in [0.3, 0.4) is 0 Å². The van der Waals surface area contributed by atoms with Gasteiger partial charge in [-0.15, -0.1) is 0 Å². The second-order valence-electron chi connectivity index (χ2n) is 3.08. The second kappa shape index (κ2) is 4.61. The molecule has 0 spiro atoms.